The molecule has 1 fully saturated rings. The molecule has 3 rings (SSSR count). The molecular weight excluding hydrogens is 371 g/mol. The van der Waals surface area contributed by atoms with E-state index in [0.29, 0.717) is 11.4 Å². The van der Waals surface area contributed by atoms with Gasteiger partial charge in [-0.1, -0.05) is 12.1 Å². The van der Waals surface area contributed by atoms with Crippen molar-refractivity contribution in [3.63, 3.8) is 0 Å². The molecule has 1 aliphatic heterocycles. The Morgan fingerprint density at radius 2 is 2.00 bits per heavy atom. The predicted molar refractivity (Wildman–Crippen MR) is 99.6 cm³/mol. The van der Waals surface area contributed by atoms with Crippen molar-refractivity contribution in [1.82, 2.24) is 9.47 Å². The van der Waals surface area contributed by atoms with Crippen LogP contribution in [0.5, 0.6) is 0 Å². The Hall–Kier alpha value is -2.87. The maximum atomic E-state index is 14.1. The fourth-order valence-electron chi connectivity index (χ4n) is 2.69. The number of ether oxygens (including phenoxy) is 1. The summed E-state index contributed by atoms with van der Waals surface area (Å²) in [6.45, 7) is 3.25. The average Bonchev–Trinajstić information content (AvgIpc) is 3.20. The smallest absolute Gasteiger partial charge is 0.329 e. The molecule has 2 aromatic rings. The van der Waals surface area contributed by atoms with E-state index in [1.807, 2.05) is 0 Å². The van der Waals surface area contributed by atoms with Gasteiger partial charge < -0.3 is 9.30 Å². The van der Waals surface area contributed by atoms with Crippen LogP contribution in [0.4, 0.5) is 9.18 Å². The highest BCUT2D eigenvalue weighted by molar-refractivity contribution is 8.18. The third-order valence-corrected chi connectivity index (χ3v) is 4.89. The van der Waals surface area contributed by atoms with E-state index in [2.05, 4.69) is 0 Å². The van der Waals surface area contributed by atoms with Crippen molar-refractivity contribution in [2.24, 2.45) is 0 Å². The molecule has 0 N–H and O–H groups in total. The summed E-state index contributed by atoms with van der Waals surface area (Å²) < 4.78 is 20.6. The van der Waals surface area contributed by atoms with E-state index in [0.717, 1.165) is 16.7 Å². The summed E-state index contributed by atoms with van der Waals surface area (Å²) in [6, 6.07) is 8.65. The molecule has 1 aliphatic rings. The molecule has 1 saturated heterocycles. The van der Waals surface area contributed by atoms with Gasteiger partial charge in [-0.15, -0.1) is 0 Å². The molecule has 0 spiro atoms. The van der Waals surface area contributed by atoms with Crippen LogP contribution in [0.25, 0.3) is 11.8 Å². The Bertz CT molecular complexity index is 937. The number of para-hydroxylation sites is 1. The molecule has 0 bridgehead atoms. The van der Waals surface area contributed by atoms with Crippen LogP contribution in [0.1, 0.15) is 19.5 Å². The Morgan fingerprint density at radius 3 is 2.70 bits per heavy atom. The van der Waals surface area contributed by atoms with Crippen LogP contribution in [-0.2, 0) is 14.3 Å². The lowest BCUT2D eigenvalue weighted by Gasteiger charge is -2.19. The van der Waals surface area contributed by atoms with Gasteiger partial charge in [0.2, 0.25) is 0 Å². The second kappa shape index (κ2) is 7.79. The minimum Gasteiger partial charge on any atom is -0.464 e. The van der Waals surface area contributed by atoms with E-state index >= 15 is 0 Å². The molecule has 0 aliphatic carbocycles. The van der Waals surface area contributed by atoms with E-state index < -0.39 is 29.0 Å². The van der Waals surface area contributed by atoms with Crippen LogP contribution >= 0.6 is 11.8 Å². The van der Waals surface area contributed by atoms with E-state index in [1.165, 1.54) is 19.1 Å². The SMILES string of the molecule is CCOC(=O)[C@H](C)N1C(=O)S/C(=C\c2cccn2-c2ccccc2F)C1=O. The van der Waals surface area contributed by atoms with Crippen molar-refractivity contribution in [3.05, 3.63) is 59.0 Å². The highest BCUT2D eigenvalue weighted by atomic mass is 32.2. The molecule has 0 unspecified atom stereocenters. The number of hydrogen-bond donors (Lipinski definition) is 0. The number of amides is 2. The van der Waals surface area contributed by atoms with Gasteiger partial charge in [-0.2, -0.15) is 0 Å². The number of esters is 1. The largest absolute Gasteiger partial charge is 0.464 e. The summed E-state index contributed by atoms with van der Waals surface area (Å²) in [5, 5.41) is -0.546. The fraction of sp³-hybridized carbons (Fsp3) is 0.211. The first kappa shape index (κ1) is 18.9. The van der Waals surface area contributed by atoms with Crippen molar-refractivity contribution >= 4 is 35.0 Å². The Kier molecular flexibility index (Phi) is 5.46. The van der Waals surface area contributed by atoms with Gasteiger partial charge in [0, 0.05) is 11.9 Å². The van der Waals surface area contributed by atoms with E-state index in [1.54, 1.807) is 48.0 Å². The first-order valence-corrected chi connectivity index (χ1v) is 9.11. The first-order valence-electron chi connectivity index (χ1n) is 8.30. The zero-order chi connectivity index (χ0) is 19.6. The molecular formula is C19H17FN2O4S. The molecule has 0 saturated carbocycles. The molecule has 0 radical (unpaired) electrons. The normalized spacial score (nSPS) is 16.9. The number of carbonyl (C=O) groups excluding carboxylic acids is 3. The molecule has 2 amide bonds. The van der Waals surface area contributed by atoms with Crippen LogP contribution in [0.3, 0.4) is 0 Å². The molecule has 1 aromatic carbocycles. The number of thioether (sulfide) groups is 1. The Morgan fingerprint density at radius 1 is 1.26 bits per heavy atom. The van der Waals surface area contributed by atoms with Crippen LogP contribution in [0, 0.1) is 5.82 Å². The quantitative estimate of drug-likeness (QED) is 0.578. The third kappa shape index (κ3) is 3.66. The van der Waals surface area contributed by atoms with Gasteiger partial charge >= 0.3 is 5.97 Å². The maximum Gasteiger partial charge on any atom is 0.329 e. The van der Waals surface area contributed by atoms with Crippen molar-refractivity contribution in [2.75, 3.05) is 6.61 Å². The van der Waals surface area contributed by atoms with Crippen molar-refractivity contribution in [2.45, 2.75) is 19.9 Å². The molecule has 27 heavy (non-hydrogen) atoms. The number of imide groups is 1. The fourth-order valence-corrected chi connectivity index (χ4v) is 3.59. The zero-order valence-corrected chi connectivity index (χ0v) is 15.5. The first-order chi connectivity index (χ1) is 12.9. The predicted octanol–water partition coefficient (Wildman–Crippen LogP) is 3.60. The van der Waals surface area contributed by atoms with Gasteiger partial charge in [0.25, 0.3) is 11.1 Å². The lowest BCUT2D eigenvalue weighted by molar-refractivity contribution is -0.150. The number of hydrogen-bond acceptors (Lipinski definition) is 5. The van der Waals surface area contributed by atoms with Crippen molar-refractivity contribution in [1.29, 1.82) is 0 Å². The zero-order valence-electron chi connectivity index (χ0n) is 14.7. The number of carbonyl (C=O) groups is 3. The summed E-state index contributed by atoms with van der Waals surface area (Å²) in [5.74, 6) is -1.63. The van der Waals surface area contributed by atoms with Gasteiger partial charge in [-0.05, 0) is 56.0 Å². The summed E-state index contributed by atoms with van der Waals surface area (Å²) in [6.07, 6.45) is 3.17. The summed E-state index contributed by atoms with van der Waals surface area (Å²) >= 11 is 0.736. The maximum absolute atomic E-state index is 14.1. The minimum atomic E-state index is -1.01. The van der Waals surface area contributed by atoms with Crippen LogP contribution in [0.15, 0.2) is 47.5 Å². The highest BCUT2D eigenvalue weighted by Crippen LogP contribution is 2.34. The third-order valence-electron chi connectivity index (χ3n) is 4.01. The van der Waals surface area contributed by atoms with Gasteiger partial charge in [0.05, 0.1) is 17.2 Å². The number of rotatable bonds is 5. The molecule has 8 heteroatoms. The Balaban J connectivity index is 1.91. The van der Waals surface area contributed by atoms with E-state index in [4.69, 9.17) is 4.74 Å². The van der Waals surface area contributed by atoms with Crippen LogP contribution < -0.4 is 0 Å². The number of benzene rings is 1. The number of nitrogens with zero attached hydrogens (tertiary/aromatic N) is 2. The van der Waals surface area contributed by atoms with Crippen molar-refractivity contribution < 1.29 is 23.5 Å². The molecule has 2 heterocycles. The van der Waals surface area contributed by atoms with Gasteiger partial charge in [-0.25, -0.2) is 9.18 Å². The van der Waals surface area contributed by atoms with Crippen LogP contribution in [0.2, 0.25) is 0 Å². The topological polar surface area (TPSA) is 68.6 Å². The number of halogens is 1. The number of aromatic nitrogens is 1. The second-order valence-corrected chi connectivity index (χ2v) is 6.73. The summed E-state index contributed by atoms with van der Waals surface area (Å²) in [5.41, 5.74) is 0.863. The molecule has 1 atom stereocenters. The van der Waals surface area contributed by atoms with Gasteiger partial charge in [-0.3, -0.25) is 14.5 Å². The average molecular weight is 388 g/mol. The second-order valence-electron chi connectivity index (χ2n) is 5.73. The monoisotopic (exact) mass is 388 g/mol. The van der Waals surface area contributed by atoms with E-state index in [-0.39, 0.29) is 11.5 Å². The van der Waals surface area contributed by atoms with Gasteiger partial charge in [0.1, 0.15) is 11.9 Å². The lowest BCUT2D eigenvalue weighted by atomic mass is 10.2. The summed E-state index contributed by atoms with van der Waals surface area (Å²) in [4.78, 5) is 37.8. The standard InChI is InChI=1S/C19H17FN2O4S/c1-3-26-18(24)12(2)22-17(23)16(27-19(22)25)11-13-7-6-10-21(13)15-9-5-4-8-14(15)20/h4-12H,3H2,1-2H3/b16-11-/t12-/m0/s1. The molecule has 6 nitrogen and oxygen atoms in total. The lowest BCUT2D eigenvalue weighted by Crippen LogP contribution is -2.42. The van der Waals surface area contributed by atoms with Gasteiger partial charge in [0.15, 0.2) is 0 Å². The molecule has 140 valence electrons. The highest BCUT2D eigenvalue weighted by Gasteiger charge is 2.41. The Labute approximate surface area is 159 Å². The van der Waals surface area contributed by atoms with E-state index in [9.17, 15) is 18.8 Å². The summed E-state index contributed by atoms with van der Waals surface area (Å²) in [7, 11) is 0. The van der Waals surface area contributed by atoms with Crippen molar-refractivity contribution in [3.8, 4) is 5.69 Å². The minimum absolute atomic E-state index is 0.158. The molecule has 1 aromatic heterocycles. The van der Waals surface area contributed by atoms with Crippen LogP contribution in [-0.4, -0.2) is 39.2 Å².